The van der Waals surface area contributed by atoms with Crippen LogP contribution in [0.3, 0.4) is 0 Å². The van der Waals surface area contributed by atoms with E-state index in [-0.39, 0.29) is 23.4 Å². The zero-order valence-corrected chi connectivity index (χ0v) is 14.3. The number of carbonyl (C=O) groups is 1. The summed E-state index contributed by atoms with van der Waals surface area (Å²) in [5, 5.41) is 2.82. The van der Waals surface area contributed by atoms with Crippen molar-refractivity contribution < 1.29 is 22.3 Å². The number of ether oxygens (including phenoxy) is 1. The molecule has 1 saturated carbocycles. The van der Waals surface area contributed by atoms with Crippen molar-refractivity contribution in [2.75, 3.05) is 11.8 Å². The molecule has 0 unspecified atom stereocenters. The van der Waals surface area contributed by atoms with Crippen LogP contribution in [0.2, 0.25) is 0 Å². The molecule has 0 bridgehead atoms. The van der Waals surface area contributed by atoms with Gasteiger partial charge in [0.1, 0.15) is 16.5 Å². The van der Waals surface area contributed by atoms with Crippen LogP contribution in [0.15, 0.2) is 47.4 Å². The van der Waals surface area contributed by atoms with Gasteiger partial charge in [0.15, 0.2) is 0 Å². The van der Waals surface area contributed by atoms with Crippen molar-refractivity contribution in [2.45, 2.75) is 23.8 Å². The van der Waals surface area contributed by atoms with E-state index in [0.29, 0.717) is 5.56 Å². The Hall–Kier alpha value is -2.61. The Balaban J connectivity index is 1.82. The van der Waals surface area contributed by atoms with Crippen LogP contribution in [0.4, 0.5) is 10.1 Å². The molecular weight excluding hydrogens is 347 g/mol. The Kier molecular flexibility index (Phi) is 4.63. The van der Waals surface area contributed by atoms with Gasteiger partial charge >= 0.3 is 0 Å². The molecule has 0 spiro atoms. The molecule has 1 amide bonds. The van der Waals surface area contributed by atoms with Crippen molar-refractivity contribution in [3.63, 3.8) is 0 Å². The second-order valence-corrected chi connectivity index (χ2v) is 7.38. The number of methoxy groups -OCH3 is 1. The second kappa shape index (κ2) is 6.72. The molecule has 8 heteroatoms. The van der Waals surface area contributed by atoms with E-state index >= 15 is 0 Å². The monoisotopic (exact) mass is 364 g/mol. The molecule has 0 aliphatic heterocycles. The molecule has 6 nitrogen and oxygen atoms in total. The Morgan fingerprint density at radius 1 is 1.20 bits per heavy atom. The van der Waals surface area contributed by atoms with Crippen LogP contribution >= 0.6 is 0 Å². The van der Waals surface area contributed by atoms with E-state index in [9.17, 15) is 17.6 Å². The smallest absolute Gasteiger partial charge is 0.264 e. The fraction of sp³-hybridized carbons (Fsp3) is 0.235. The van der Waals surface area contributed by atoms with Gasteiger partial charge < -0.3 is 10.1 Å². The molecule has 2 aromatic carbocycles. The van der Waals surface area contributed by atoms with Gasteiger partial charge in [0.25, 0.3) is 15.9 Å². The highest BCUT2D eigenvalue weighted by molar-refractivity contribution is 7.92. The first-order valence-electron chi connectivity index (χ1n) is 7.66. The summed E-state index contributed by atoms with van der Waals surface area (Å²) in [6.45, 7) is 0. The third-order valence-electron chi connectivity index (χ3n) is 3.72. The standard InChI is InChI=1S/C17H17FN2O4S/c1-24-14-7-8-16(15(18)10-14)25(22,23)20-13-4-2-3-11(9-13)17(21)19-12-5-6-12/h2-4,7-10,12,20H,5-6H2,1H3,(H,19,21). The molecule has 1 fully saturated rings. The van der Waals surface area contributed by atoms with Crippen molar-refractivity contribution in [1.29, 1.82) is 0 Å². The Bertz CT molecular complexity index is 911. The lowest BCUT2D eigenvalue weighted by Gasteiger charge is -2.11. The number of halogens is 1. The summed E-state index contributed by atoms with van der Waals surface area (Å²) < 4.78 is 46.0. The van der Waals surface area contributed by atoms with E-state index in [2.05, 4.69) is 10.0 Å². The van der Waals surface area contributed by atoms with Crippen molar-refractivity contribution in [3.05, 3.63) is 53.8 Å². The predicted molar refractivity (Wildman–Crippen MR) is 90.7 cm³/mol. The second-order valence-electron chi connectivity index (χ2n) is 5.73. The molecule has 25 heavy (non-hydrogen) atoms. The highest BCUT2D eigenvalue weighted by Crippen LogP contribution is 2.24. The van der Waals surface area contributed by atoms with Gasteiger partial charge in [-0.3, -0.25) is 9.52 Å². The number of rotatable bonds is 6. The number of anilines is 1. The first kappa shape index (κ1) is 17.2. The Morgan fingerprint density at radius 2 is 1.96 bits per heavy atom. The Labute approximate surface area is 145 Å². The lowest BCUT2D eigenvalue weighted by Crippen LogP contribution is -2.25. The van der Waals surface area contributed by atoms with Gasteiger partial charge in [0.05, 0.1) is 7.11 Å². The van der Waals surface area contributed by atoms with Crippen LogP contribution in [-0.2, 0) is 10.0 Å². The van der Waals surface area contributed by atoms with E-state index in [1.54, 1.807) is 12.1 Å². The van der Waals surface area contributed by atoms with Gasteiger partial charge in [-0.1, -0.05) is 6.07 Å². The van der Waals surface area contributed by atoms with Gasteiger partial charge in [0.2, 0.25) is 0 Å². The van der Waals surface area contributed by atoms with Crippen LogP contribution in [0.25, 0.3) is 0 Å². The van der Waals surface area contributed by atoms with Crippen LogP contribution in [0.1, 0.15) is 23.2 Å². The highest BCUT2D eigenvalue weighted by atomic mass is 32.2. The fourth-order valence-electron chi connectivity index (χ4n) is 2.26. The number of carbonyl (C=O) groups excluding carboxylic acids is 1. The molecule has 0 radical (unpaired) electrons. The predicted octanol–water partition coefficient (Wildman–Crippen LogP) is 2.53. The number of amides is 1. The molecule has 2 aromatic rings. The maximum absolute atomic E-state index is 14.0. The summed E-state index contributed by atoms with van der Waals surface area (Å²) in [5.74, 6) is -0.969. The highest BCUT2D eigenvalue weighted by Gasteiger charge is 2.24. The van der Waals surface area contributed by atoms with E-state index < -0.39 is 20.7 Å². The first-order chi connectivity index (χ1) is 11.9. The van der Waals surface area contributed by atoms with Crippen molar-refractivity contribution in [2.24, 2.45) is 0 Å². The summed E-state index contributed by atoms with van der Waals surface area (Å²) in [6.07, 6.45) is 1.91. The lowest BCUT2D eigenvalue weighted by molar-refractivity contribution is 0.0951. The quantitative estimate of drug-likeness (QED) is 0.825. The average Bonchev–Trinajstić information content (AvgIpc) is 3.38. The maximum atomic E-state index is 14.0. The van der Waals surface area contributed by atoms with Crippen LogP contribution < -0.4 is 14.8 Å². The minimum absolute atomic E-state index is 0.179. The van der Waals surface area contributed by atoms with Gasteiger partial charge in [0, 0.05) is 23.4 Å². The van der Waals surface area contributed by atoms with Gasteiger partial charge in [-0.15, -0.1) is 0 Å². The molecule has 2 N–H and O–H groups in total. The summed E-state index contributed by atoms with van der Waals surface area (Å²) in [4.78, 5) is 11.5. The zero-order valence-electron chi connectivity index (χ0n) is 13.5. The summed E-state index contributed by atoms with van der Waals surface area (Å²) in [6, 6.07) is 9.73. The van der Waals surface area contributed by atoms with Crippen molar-refractivity contribution in [1.82, 2.24) is 5.32 Å². The Morgan fingerprint density at radius 3 is 2.60 bits per heavy atom. The molecular formula is C17H17FN2O4S. The number of sulfonamides is 1. The third-order valence-corrected chi connectivity index (χ3v) is 5.13. The minimum Gasteiger partial charge on any atom is -0.497 e. The molecule has 132 valence electrons. The zero-order chi connectivity index (χ0) is 18.0. The average molecular weight is 364 g/mol. The number of benzene rings is 2. The molecule has 0 heterocycles. The summed E-state index contributed by atoms with van der Waals surface area (Å²) >= 11 is 0. The maximum Gasteiger partial charge on any atom is 0.264 e. The molecule has 0 saturated heterocycles. The SMILES string of the molecule is COc1ccc(S(=O)(=O)Nc2cccc(C(=O)NC3CC3)c2)c(F)c1. The molecule has 1 aliphatic rings. The summed E-state index contributed by atoms with van der Waals surface area (Å²) in [7, 11) is -2.77. The van der Waals surface area contributed by atoms with Crippen LogP contribution in [-0.4, -0.2) is 27.5 Å². The van der Waals surface area contributed by atoms with Gasteiger partial charge in [-0.25, -0.2) is 12.8 Å². The van der Waals surface area contributed by atoms with Gasteiger partial charge in [-0.05, 0) is 43.2 Å². The topological polar surface area (TPSA) is 84.5 Å². The van der Waals surface area contributed by atoms with E-state index in [4.69, 9.17) is 4.74 Å². The number of hydrogen-bond acceptors (Lipinski definition) is 4. The normalized spacial score (nSPS) is 14.0. The van der Waals surface area contributed by atoms with E-state index in [1.807, 2.05) is 0 Å². The van der Waals surface area contributed by atoms with Crippen molar-refractivity contribution in [3.8, 4) is 5.75 Å². The van der Waals surface area contributed by atoms with Gasteiger partial charge in [-0.2, -0.15) is 0 Å². The molecule has 3 rings (SSSR count). The fourth-order valence-corrected chi connectivity index (χ4v) is 3.37. The van der Waals surface area contributed by atoms with E-state index in [0.717, 1.165) is 25.0 Å². The van der Waals surface area contributed by atoms with Crippen LogP contribution in [0.5, 0.6) is 5.75 Å². The minimum atomic E-state index is -4.13. The molecule has 1 aliphatic carbocycles. The molecule has 0 aromatic heterocycles. The first-order valence-corrected chi connectivity index (χ1v) is 9.14. The lowest BCUT2D eigenvalue weighted by atomic mass is 10.2. The van der Waals surface area contributed by atoms with E-state index in [1.165, 1.54) is 25.3 Å². The number of hydrogen-bond donors (Lipinski definition) is 2. The molecule has 0 atom stereocenters. The largest absolute Gasteiger partial charge is 0.497 e. The van der Waals surface area contributed by atoms with Crippen molar-refractivity contribution >= 4 is 21.6 Å². The number of nitrogens with one attached hydrogen (secondary N) is 2. The summed E-state index contributed by atoms with van der Waals surface area (Å²) in [5.41, 5.74) is 0.515. The third kappa shape index (κ3) is 4.08. The van der Waals surface area contributed by atoms with Crippen LogP contribution in [0, 0.1) is 5.82 Å².